The predicted octanol–water partition coefficient (Wildman–Crippen LogP) is 3.67. The summed E-state index contributed by atoms with van der Waals surface area (Å²) < 4.78 is 5.79. The van der Waals surface area contributed by atoms with Crippen molar-refractivity contribution in [2.45, 2.75) is 45.1 Å². The van der Waals surface area contributed by atoms with Gasteiger partial charge in [0.1, 0.15) is 5.22 Å². The lowest BCUT2D eigenvalue weighted by atomic mass is 9.82. The molecule has 2 atom stereocenters. The summed E-state index contributed by atoms with van der Waals surface area (Å²) in [6.07, 6.45) is 0.859. The summed E-state index contributed by atoms with van der Waals surface area (Å²) >= 11 is 0. The minimum atomic E-state index is -1.62. The highest BCUT2D eigenvalue weighted by molar-refractivity contribution is 6.79. The van der Waals surface area contributed by atoms with E-state index in [2.05, 4.69) is 57.8 Å². The second-order valence-corrected chi connectivity index (χ2v) is 12.3. The lowest BCUT2D eigenvalue weighted by Gasteiger charge is -2.56. The number of benzene rings is 1. The first-order valence-electron chi connectivity index (χ1n) is 7.05. The summed E-state index contributed by atoms with van der Waals surface area (Å²) in [5.41, 5.74) is 1.27. The van der Waals surface area contributed by atoms with E-state index in [1.54, 1.807) is 0 Å². The highest BCUT2D eigenvalue weighted by atomic mass is 28.3. The number of cyclic esters (lactones) is 1. The van der Waals surface area contributed by atoms with Gasteiger partial charge in [0.15, 0.2) is 0 Å². The summed E-state index contributed by atoms with van der Waals surface area (Å²) in [4.78, 5) is 11.9. The molecule has 1 aromatic rings. The molecule has 1 saturated heterocycles. The van der Waals surface area contributed by atoms with Gasteiger partial charge in [-0.3, -0.25) is 4.79 Å². The van der Waals surface area contributed by atoms with Crippen LogP contribution in [-0.4, -0.2) is 19.3 Å². The molecule has 3 heteroatoms. The van der Waals surface area contributed by atoms with Gasteiger partial charge in [-0.15, -0.1) is 0 Å². The van der Waals surface area contributed by atoms with Crippen LogP contribution in [0.15, 0.2) is 30.3 Å². The molecule has 2 rings (SSSR count). The van der Waals surface area contributed by atoms with Crippen molar-refractivity contribution in [3.8, 4) is 0 Å². The summed E-state index contributed by atoms with van der Waals surface area (Å²) in [6.45, 7) is 11.2. The van der Waals surface area contributed by atoms with Crippen molar-refractivity contribution in [3.05, 3.63) is 35.9 Å². The van der Waals surface area contributed by atoms with Crippen molar-refractivity contribution in [1.29, 1.82) is 0 Å². The number of ether oxygens (including phenoxy) is 1. The number of carbonyl (C=O) groups is 1. The first-order valence-corrected chi connectivity index (χ1v) is 10.5. The summed E-state index contributed by atoms with van der Waals surface area (Å²) in [5, 5.41) is -0.237. The maximum Gasteiger partial charge on any atom is 0.313 e. The maximum atomic E-state index is 11.9. The monoisotopic (exact) mass is 276 g/mol. The molecule has 0 unspecified atom stereocenters. The van der Waals surface area contributed by atoms with Gasteiger partial charge in [0.2, 0.25) is 0 Å². The number of esters is 1. The van der Waals surface area contributed by atoms with Gasteiger partial charge >= 0.3 is 5.97 Å². The van der Waals surface area contributed by atoms with Gasteiger partial charge in [-0.25, -0.2) is 0 Å². The molecule has 0 radical (unpaired) electrons. The van der Waals surface area contributed by atoms with Crippen molar-refractivity contribution in [3.63, 3.8) is 0 Å². The second-order valence-electron chi connectivity index (χ2n) is 6.94. The average Bonchev–Trinajstić information content (AvgIpc) is 2.26. The standard InChI is InChI=1S/C16H24O2Si/c1-12(2)14-15(17)18-16(14,19(3,4)5)11-13-9-7-6-8-10-13/h6-10,12,14H,11H2,1-5H3/t14-,16-/m0/s1. The van der Waals surface area contributed by atoms with Crippen LogP contribution in [0.5, 0.6) is 0 Å². The maximum absolute atomic E-state index is 11.9. The van der Waals surface area contributed by atoms with Gasteiger partial charge in [0, 0.05) is 6.42 Å². The fourth-order valence-corrected chi connectivity index (χ4v) is 5.70. The molecule has 1 heterocycles. The largest absolute Gasteiger partial charge is 0.461 e. The van der Waals surface area contributed by atoms with Crippen LogP contribution in [0.3, 0.4) is 0 Å². The Morgan fingerprint density at radius 3 is 2.21 bits per heavy atom. The quantitative estimate of drug-likeness (QED) is 0.619. The molecule has 1 aromatic carbocycles. The lowest BCUT2D eigenvalue weighted by molar-refractivity contribution is -0.201. The zero-order valence-electron chi connectivity index (χ0n) is 12.6. The van der Waals surface area contributed by atoms with Gasteiger partial charge < -0.3 is 4.74 Å². The van der Waals surface area contributed by atoms with Crippen LogP contribution in [0.25, 0.3) is 0 Å². The number of rotatable bonds is 4. The first kappa shape index (κ1) is 14.3. The molecule has 2 nitrogen and oxygen atoms in total. The van der Waals surface area contributed by atoms with Crippen LogP contribution in [-0.2, 0) is 16.0 Å². The van der Waals surface area contributed by atoms with E-state index in [4.69, 9.17) is 4.74 Å². The van der Waals surface area contributed by atoms with E-state index in [0.29, 0.717) is 5.92 Å². The summed E-state index contributed by atoms with van der Waals surface area (Å²) in [7, 11) is -1.62. The zero-order valence-corrected chi connectivity index (χ0v) is 13.6. The third kappa shape index (κ3) is 2.36. The third-order valence-corrected chi connectivity index (χ3v) is 7.41. The molecule has 1 fully saturated rings. The van der Waals surface area contributed by atoms with Gasteiger partial charge in [0.05, 0.1) is 14.0 Å². The minimum absolute atomic E-state index is 0.00615. The number of hydrogen-bond acceptors (Lipinski definition) is 2. The van der Waals surface area contributed by atoms with Crippen molar-refractivity contribution >= 4 is 14.0 Å². The fraction of sp³-hybridized carbons (Fsp3) is 0.562. The summed E-state index contributed by atoms with van der Waals surface area (Å²) in [5.74, 6) is 0.393. The molecule has 0 saturated carbocycles. The molecule has 1 aliphatic heterocycles. The Morgan fingerprint density at radius 1 is 1.21 bits per heavy atom. The molecule has 104 valence electrons. The van der Waals surface area contributed by atoms with Crippen LogP contribution in [0.1, 0.15) is 19.4 Å². The van der Waals surface area contributed by atoms with E-state index in [1.165, 1.54) is 5.56 Å². The molecule has 0 amide bonds. The van der Waals surface area contributed by atoms with E-state index in [0.717, 1.165) is 6.42 Å². The average molecular weight is 276 g/mol. The van der Waals surface area contributed by atoms with Crippen LogP contribution in [0.2, 0.25) is 19.6 Å². The molecule has 0 aliphatic carbocycles. The number of carbonyl (C=O) groups excluding carboxylic acids is 1. The molecule has 19 heavy (non-hydrogen) atoms. The molecule has 1 aliphatic rings. The van der Waals surface area contributed by atoms with E-state index in [-0.39, 0.29) is 17.1 Å². The Hall–Kier alpha value is -1.09. The zero-order chi connectivity index (χ0) is 14.3. The number of hydrogen-bond donors (Lipinski definition) is 0. The van der Waals surface area contributed by atoms with Crippen molar-refractivity contribution < 1.29 is 9.53 Å². The van der Waals surface area contributed by atoms with Crippen LogP contribution >= 0.6 is 0 Å². The highest BCUT2D eigenvalue weighted by Gasteiger charge is 2.63. The van der Waals surface area contributed by atoms with Crippen LogP contribution < -0.4 is 0 Å². The normalized spacial score (nSPS) is 27.1. The molecule has 0 N–H and O–H groups in total. The molecule has 0 spiro atoms. The van der Waals surface area contributed by atoms with E-state index in [1.807, 2.05) is 6.07 Å². The van der Waals surface area contributed by atoms with Gasteiger partial charge in [0.25, 0.3) is 0 Å². The smallest absolute Gasteiger partial charge is 0.313 e. The molecule has 0 bridgehead atoms. The topological polar surface area (TPSA) is 26.3 Å². The third-order valence-electron chi connectivity index (χ3n) is 4.28. The Labute approximate surface area is 117 Å². The van der Waals surface area contributed by atoms with Gasteiger partial charge in [-0.1, -0.05) is 63.8 Å². The minimum Gasteiger partial charge on any atom is -0.461 e. The van der Waals surface area contributed by atoms with E-state index in [9.17, 15) is 4.79 Å². The highest BCUT2D eigenvalue weighted by Crippen LogP contribution is 2.47. The van der Waals surface area contributed by atoms with Crippen molar-refractivity contribution in [2.75, 3.05) is 0 Å². The van der Waals surface area contributed by atoms with Gasteiger partial charge in [-0.2, -0.15) is 0 Å². The van der Waals surface area contributed by atoms with Gasteiger partial charge in [-0.05, 0) is 11.5 Å². The Kier molecular flexibility index (Phi) is 3.60. The van der Waals surface area contributed by atoms with Crippen molar-refractivity contribution in [2.24, 2.45) is 11.8 Å². The first-order chi connectivity index (χ1) is 8.78. The Morgan fingerprint density at radius 2 is 1.79 bits per heavy atom. The lowest BCUT2D eigenvalue weighted by Crippen LogP contribution is -2.72. The molecular weight excluding hydrogens is 252 g/mol. The van der Waals surface area contributed by atoms with Crippen molar-refractivity contribution in [1.82, 2.24) is 0 Å². The SMILES string of the molecule is CC(C)[C@H]1C(=O)O[C@@]1(Cc1ccccc1)[Si](C)(C)C. The van der Waals surface area contributed by atoms with E-state index < -0.39 is 8.07 Å². The van der Waals surface area contributed by atoms with Crippen LogP contribution in [0, 0.1) is 11.8 Å². The second kappa shape index (κ2) is 4.78. The van der Waals surface area contributed by atoms with E-state index >= 15 is 0 Å². The molecule has 0 aromatic heterocycles. The Balaban J connectivity index is 2.35. The predicted molar refractivity (Wildman–Crippen MR) is 80.6 cm³/mol. The van der Waals surface area contributed by atoms with Crippen LogP contribution in [0.4, 0.5) is 0 Å². The summed E-state index contributed by atoms with van der Waals surface area (Å²) in [6, 6.07) is 10.4. The Bertz CT molecular complexity index is 461. The molecular formula is C16H24O2Si. The fourth-order valence-electron chi connectivity index (χ4n) is 3.18.